The summed E-state index contributed by atoms with van der Waals surface area (Å²) in [4.78, 5) is 25.7. The number of nitrogens with zero attached hydrogens (tertiary/aromatic N) is 4. The summed E-state index contributed by atoms with van der Waals surface area (Å²) in [6.07, 6.45) is 0. The molecule has 0 aliphatic rings. The second kappa shape index (κ2) is 10.1. The number of nitrogens with one attached hydrogen (secondary N) is 1. The Morgan fingerprint density at radius 3 is 2.65 bits per heavy atom. The second-order valence-electron chi connectivity index (χ2n) is 7.50. The van der Waals surface area contributed by atoms with Gasteiger partial charge in [-0.25, -0.2) is 4.39 Å². The summed E-state index contributed by atoms with van der Waals surface area (Å²) in [7, 11) is 0. The molecule has 3 aromatic carbocycles. The lowest BCUT2D eigenvalue weighted by atomic mass is 10.0. The Hall–Kier alpha value is -3.56. The van der Waals surface area contributed by atoms with Gasteiger partial charge in [0.05, 0.1) is 22.7 Å². The van der Waals surface area contributed by atoms with Gasteiger partial charge in [-0.05, 0) is 71.8 Å². The van der Waals surface area contributed by atoms with Crippen LogP contribution in [0.3, 0.4) is 0 Å². The highest BCUT2D eigenvalue weighted by Crippen LogP contribution is 2.26. The lowest BCUT2D eigenvalue weighted by Gasteiger charge is -2.12. The number of aryl methyl sites for hydroxylation is 2. The molecule has 1 heterocycles. The Balaban J connectivity index is 1.51. The fraction of sp³-hybridized carbons (Fsp3) is 0.125. The number of tetrazole rings is 1. The lowest BCUT2D eigenvalue weighted by Crippen LogP contribution is -2.17. The summed E-state index contributed by atoms with van der Waals surface area (Å²) in [5.41, 5.74) is 3.08. The normalized spacial score (nSPS) is 10.8. The van der Waals surface area contributed by atoms with Crippen molar-refractivity contribution in [3.63, 3.8) is 0 Å². The molecule has 0 aliphatic heterocycles. The fourth-order valence-electron chi connectivity index (χ4n) is 3.29. The summed E-state index contributed by atoms with van der Waals surface area (Å²) < 4.78 is 15.7. The number of rotatable bonds is 7. The molecule has 0 saturated heterocycles. The van der Waals surface area contributed by atoms with E-state index in [1.807, 2.05) is 32.0 Å². The van der Waals surface area contributed by atoms with E-state index >= 15 is 0 Å². The Labute approximate surface area is 204 Å². The first-order chi connectivity index (χ1) is 16.3. The van der Waals surface area contributed by atoms with Crippen molar-refractivity contribution in [3.8, 4) is 5.69 Å². The molecule has 1 N–H and O–H groups in total. The van der Waals surface area contributed by atoms with Crippen molar-refractivity contribution >= 4 is 40.7 Å². The van der Waals surface area contributed by atoms with Gasteiger partial charge in [-0.1, -0.05) is 47.6 Å². The van der Waals surface area contributed by atoms with Crippen LogP contribution in [-0.4, -0.2) is 37.7 Å². The van der Waals surface area contributed by atoms with Gasteiger partial charge < -0.3 is 5.32 Å². The predicted octanol–water partition coefficient (Wildman–Crippen LogP) is 5.03. The molecule has 10 heteroatoms. The minimum atomic E-state index is -0.654. The van der Waals surface area contributed by atoms with E-state index < -0.39 is 11.6 Å². The first-order valence-corrected chi connectivity index (χ1v) is 11.6. The third-order valence-electron chi connectivity index (χ3n) is 4.98. The van der Waals surface area contributed by atoms with Crippen molar-refractivity contribution in [2.24, 2.45) is 0 Å². The van der Waals surface area contributed by atoms with E-state index in [2.05, 4.69) is 20.8 Å². The Bertz CT molecular complexity index is 1390. The predicted molar refractivity (Wildman–Crippen MR) is 129 cm³/mol. The fourth-order valence-corrected chi connectivity index (χ4v) is 4.14. The first-order valence-electron chi connectivity index (χ1n) is 10.2. The van der Waals surface area contributed by atoms with Crippen molar-refractivity contribution in [1.82, 2.24) is 20.2 Å². The number of hydrogen-bond donors (Lipinski definition) is 1. The third kappa shape index (κ3) is 5.16. The molecule has 4 rings (SSSR count). The largest absolute Gasteiger partial charge is 0.325 e. The molecule has 1 aromatic heterocycles. The SMILES string of the molecule is Cc1ccc(C)c(-n2nnnc2SCC(=O)Nc2ccc(Cl)cc2C(=O)c2ccccc2F)c1. The minimum Gasteiger partial charge on any atom is -0.325 e. The number of ketones is 1. The lowest BCUT2D eigenvalue weighted by molar-refractivity contribution is -0.113. The number of benzene rings is 3. The zero-order chi connectivity index (χ0) is 24.2. The molecule has 0 spiro atoms. The highest BCUT2D eigenvalue weighted by atomic mass is 35.5. The van der Waals surface area contributed by atoms with Gasteiger partial charge in [0.1, 0.15) is 5.82 Å². The van der Waals surface area contributed by atoms with E-state index in [-0.39, 0.29) is 28.5 Å². The van der Waals surface area contributed by atoms with Crippen LogP contribution in [0.2, 0.25) is 5.02 Å². The molecule has 0 fully saturated rings. The van der Waals surface area contributed by atoms with E-state index in [0.29, 0.717) is 10.2 Å². The molecule has 4 aromatic rings. The Morgan fingerprint density at radius 2 is 1.85 bits per heavy atom. The van der Waals surface area contributed by atoms with Crippen LogP contribution in [0.4, 0.5) is 10.1 Å². The van der Waals surface area contributed by atoms with Crippen molar-refractivity contribution < 1.29 is 14.0 Å². The van der Waals surface area contributed by atoms with Gasteiger partial charge in [0.15, 0.2) is 5.78 Å². The molecular weight excluding hydrogens is 477 g/mol. The monoisotopic (exact) mass is 495 g/mol. The van der Waals surface area contributed by atoms with Gasteiger partial charge in [0.25, 0.3) is 0 Å². The maximum Gasteiger partial charge on any atom is 0.234 e. The Kier molecular flexibility index (Phi) is 7.04. The smallest absolute Gasteiger partial charge is 0.234 e. The van der Waals surface area contributed by atoms with E-state index in [1.54, 1.807) is 16.8 Å². The Morgan fingerprint density at radius 1 is 1.06 bits per heavy atom. The van der Waals surface area contributed by atoms with E-state index in [9.17, 15) is 14.0 Å². The molecule has 0 saturated carbocycles. The summed E-state index contributed by atoms with van der Waals surface area (Å²) in [6, 6.07) is 16.0. The molecule has 7 nitrogen and oxygen atoms in total. The van der Waals surface area contributed by atoms with Crippen LogP contribution in [0, 0.1) is 19.7 Å². The maximum atomic E-state index is 14.2. The van der Waals surface area contributed by atoms with Crippen molar-refractivity contribution in [2.75, 3.05) is 11.1 Å². The highest BCUT2D eigenvalue weighted by molar-refractivity contribution is 7.99. The second-order valence-corrected chi connectivity index (χ2v) is 8.88. The average molecular weight is 496 g/mol. The van der Waals surface area contributed by atoms with Crippen LogP contribution in [-0.2, 0) is 4.79 Å². The third-order valence-corrected chi connectivity index (χ3v) is 6.14. The summed E-state index contributed by atoms with van der Waals surface area (Å²) in [5, 5.41) is 15.3. The summed E-state index contributed by atoms with van der Waals surface area (Å²) in [6.45, 7) is 3.92. The van der Waals surface area contributed by atoms with E-state index in [0.717, 1.165) is 28.6 Å². The van der Waals surface area contributed by atoms with Crippen LogP contribution in [0.1, 0.15) is 27.0 Å². The number of carbonyl (C=O) groups excluding carboxylic acids is 2. The zero-order valence-electron chi connectivity index (χ0n) is 18.3. The molecule has 0 aliphatic carbocycles. The van der Waals surface area contributed by atoms with Gasteiger partial charge in [0.2, 0.25) is 11.1 Å². The number of carbonyl (C=O) groups is 2. The average Bonchev–Trinajstić information content (AvgIpc) is 3.29. The molecule has 172 valence electrons. The number of anilines is 1. The van der Waals surface area contributed by atoms with Crippen LogP contribution in [0.15, 0.2) is 65.8 Å². The summed E-state index contributed by atoms with van der Waals surface area (Å²) in [5.74, 6) is -1.63. The standard InChI is InChI=1S/C24H19ClFN5O2S/c1-14-7-8-15(2)21(11-14)31-24(28-29-30-31)34-13-22(32)27-20-10-9-16(25)12-18(20)23(33)17-5-3-4-6-19(17)26/h3-12H,13H2,1-2H3,(H,27,32). The molecule has 0 atom stereocenters. The maximum absolute atomic E-state index is 14.2. The van der Waals surface area contributed by atoms with E-state index in [4.69, 9.17) is 11.6 Å². The van der Waals surface area contributed by atoms with Crippen LogP contribution in [0.5, 0.6) is 0 Å². The molecule has 0 bridgehead atoms. The van der Waals surface area contributed by atoms with Crippen LogP contribution < -0.4 is 5.32 Å². The van der Waals surface area contributed by atoms with Crippen molar-refractivity contribution in [3.05, 3.63) is 93.8 Å². The zero-order valence-corrected chi connectivity index (χ0v) is 19.8. The number of aromatic nitrogens is 4. The molecule has 34 heavy (non-hydrogen) atoms. The van der Waals surface area contributed by atoms with Crippen molar-refractivity contribution in [1.29, 1.82) is 0 Å². The molecule has 0 radical (unpaired) electrons. The number of hydrogen-bond acceptors (Lipinski definition) is 6. The van der Waals surface area contributed by atoms with E-state index in [1.165, 1.54) is 30.3 Å². The highest BCUT2D eigenvalue weighted by Gasteiger charge is 2.20. The quantitative estimate of drug-likeness (QED) is 0.285. The van der Waals surface area contributed by atoms with Crippen molar-refractivity contribution in [2.45, 2.75) is 19.0 Å². The number of amides is 1. The first kappa shape index (κ1) is 23.6. The molecule has 0 unspecified atom stereocenters. The van der Waals surface area contributed by atoms with Gasteiger partial charge in [-0.2, -0.15) is 4.68 Å². The minimum absolute atomic E-state index is 0.0127. The van der Waals surface area contributed by atoms with Gasteiger partial charge >= 0.3 is 0 Å². The van der Waals surface area contributed by atoms with Crippen LogP contribution in [0.25, 0.3) is 5.69 Å². The van der Waals surface area contributed by atoms with Gasteiger partial charge in [-0.3, -0.25) is 9.59 Å². The molecule has 1 amide bonds. The van der Waals surface area contributed by atoms with Gasteiger partial charge in [0, 0.05) is 10.6 Å². The summed E-state index contributed by atoms with van der Waals surface area (Å²) >= 11 is 7.22. The topological polar surface area (TPSA) is 89.8 Å². The number of thioether (sulfide) groups is 1. The van der Waals surface area contributed by atoms with Crippen LogP contribution >= 0.6 is 23.4 Å². The van der Waals surface area contributed by atoms with Gasteiger partial charge in [-0.15, -0.1) is 5.10 Å². The number of halogens is 2. The molecular formula is C24H19ClFN5O2S.